The van der Waals surface area contributed by atoms with E-state index in [9.17, 15) is 18.1 Å². The molecule has 0 heterocycles. The molecule has 0 saturated carbocycles. The maximum atomic E-state index is 11.5. The Morgan fingerprint density at radius 2 is 1.26 bits per heavy atom. The van der Waals surface area contributed by atoms with E-state index in [2.05, 4.69) is 72.6 Å². The first-order chi connectivity index (χ1) is 16.6. The predicted octanol–water partition coefficient (Wildman–Crippen LogP) is 8.40. The Morgan fingerprint density at radius 3 is 1.66 bits per heavy atom. The van der Waals surface area contributed by atoms with Gasteiger partial charge in [-0.15, -0.1) is 0 Å². The van der Waals surface area contributed by atoms with Gasteiger partial charge in [-0.25, -0.2) is 0 Å². The molecule has 0 bridgehead atoms. The SMILES string of the molecule is CC.CCC.CN=Nc1c(C)cc2c(S(=O)(=O)O)c(C)ccc2c1O.c1ccc2ccccc2c1. The lowest BCUT2D eigenvalue weighted by Gasteiger charge is -2.12. The number of hydrogen-bond acceptors (Lipinski definition) is 5. The van der Waals surface area contributed by atoms with E-state index in [1.54, 1.807) is 26.0 Å². The molecule has 0 aliphatic carbocycles. The first kappa shape index (κ1) is 29.7. The predicted molar refractivity (Wildman–Crippen MR) is 147 cm³/mol. The molecular weight excluding hydrogens is 460 g/mol. The lowest BCUT2D eigenvalue weighted by Crippen LogP contribution is -2.02. The van der Waals surface area contributed by atoms with Crippen molar-refractivity contribution in [2.45, 2.75) is 52.9 Å². The van der Waals surface area contributed by atoms with Crippen molar-refractivity contribution in [2.24, 2.45) is 10.2 Å². The van der Waals surface area contributed by atoms with Crippen molar-refractivity contribution in [3.8, 4) is 5.75 Å². The minimum Gasteiger partial charge on any atom is -0.505 e. The summed E-state index contributed by atoms with van der Waals surface area (Å²) in [7, 11) is -2.91. The maximum absolute atomic E-state index is 11.5. The van der Waals surface area contributed by atoms with Gasteiger partial charge in [-0.3, -0.25) is 4.55 Å². The molecule has 0 aliphatic heterocycles. The van der Waals surface area contributed by atoms with Gasteiger partial charge >= 0.3 is 0 Å². The normalized spacial score (nSPS) is 10.6. The number of fused-ring (bicyclic) bond motifs is 2. The molecule has 0 radical (unpaired) electrons. The van der Waals surface area contributed by atoms with Gasteiger partial charge < -0.3 is 5.11 Å². The van der Waals surface area contributed by atoms with Crippen LogP contribution in [0.1, 0.15) is 45.2 Å². The number of phenolic OH excluding ortho intramolecular Hbond substituents is 1. The highest BCUT2D eigenvalue weighted by atomic mass is 32.2. The molecule has 0 fully saturated rings. The topological polar surface area (TPSA) is 99.3 Å². The fraction of sp³-hybridized carbons (Fsp3) is 0.286. The minimum absolute atomic E-state index is 0.157. The van der Waals surface area contributed by atoms with Crippen molar-refractivity contribution in [1.29, 1.82) is 0 Å². The van der Waals surface area contributed by atoms with Crippen LogP contribution >= 0.6 is 0 Å². The average molecular weight is 497 g/mol. The molecule has 0 amide bonds. The highest BCUT2D eigenvalue weighted by Crippen LogP contribution is 2.40. The third-order valence-corrected chi connectivity index (χ3v) is 5.78. The molecule has 6 nitrogen and oxygen atoms in total. The Labute approximate surface area is 209 Å². The van der Waals surface area contributed by atoms with Crippen LogP contribution in [-0.2, 0) is 10.1 Å². The Morgan fingerprint density at radius 1 is 0.800 bits per heavy atom. The van der Waals surface area contributed by atoms with Crippen LogP contribution in [-0.4, -0.2) is 25.1 Å². The van der Waals surface area contributed by atoms with Crippen LogP contribution in [0, 0.1) is 13.8 Å². The molecule has 0 atom stereocenters. The van der Waals surface area contributed by atoms with Crippen LogP contribution in [0.5, 0.6) is 5.75 Å². The number of nitrogens with zero attached hydrogens (tertiary/aromatic N) is 2. The van der Waals surface area contributed by atoms with E-state index >= 15 is 0 Å². The summed E-state index contributed by atoms with van der Waals surface area (Å²) in [4.78, 5) is -0.201. The van der Waals surface area contributed by atoms with Gasteiger partial charge in [0.2, 0.25) is 0 Å². The quantitative estimate of drug-likeness (QED) is 0.215. The van der Waals surface area contributed by atoms with E-state index in [1.165, 1.54) is 30.3 Å². The Balaban J connectivity index is 0.000000338. The second kappa shape index (κ2) is 14.2. The monoisotopic (exact) mass is 496 g/mol. The summed E-state index contributed by atoms with van der Waals surface area (Å²) in [5, 5.41) is 20.9. The Bertz CT molecular complexity index is 1320. The van der Waals surface area contributed by atoms with Gasteiger partial charge in [0.25, 0.3) is 10.1 Å². The van der Waals surface area contributed by atoms with Crippen LogP contribution in [0.2, 0.25) is 0 Å². The summed E-state index contributed by atoms with van der Waals surface area (Å²) in [6, 6.07) is 21.4. The number of hydrogen-bond donors (Lipinski definition) is 2. The number of benzene rings is 4. The zero-order valence-corrected chi connectivity index (χ0v) is 22.4. The van der Waals surface area contributed by atoms with Crippen LogP contribution in [0.15, 0.2) is 81.9 Å². The zero-order valence-electron chi connectivity index (χ0n) is 21.6. The van der Waals surface area contributed by atoms with Gasteiger partial charge in [-0.1, -0.05) is 94.8 Å². The van der Waals surface area contributed by atoms with Crippen LogP contribution in [0.25, 0.3) is 21.5 Å². The van der Waals surface area contributed by atoms with Crippen LogP contribution in [0.3, 0.4) is 0 Å². The molecule has 4 aromatic rings. The lowest BCUT2D eigenvalue weighted by atomic mass is 10.0. The van der Waals surface area contributed by atoms with Gasteiger partial charge in [0.15, 0.2) is 5.75 Å². The van der Waals surface area contributed by atoms with Crippen molar-refractivity contribution in [2.75, 3.05) is 7.05 Å². The summed E-state index contributed by atoms with van der Waals surface area (Å²) < 4.78 is 32.4. The van der Waals surface area contributed by atoms with E-state index in [1.807, 2.05) is 13.8 Å². The van der Waals surface area contributed by atoms with Crippen molar-refractivity contribution >= 4 is 37.4 Å². The highest BCUT2D eigenvalue weighted by Gasteiger charge is 2.20. The summed E-state index contributed by atoms with van der Waals surface area (Å²) in [5.74, 6) is -0.157. The first-order valence-corrected chi connectivity index (χ1v) is 13.1. The largest absolute Gasteiger partial charge is 0.505 e. The smallest absolute Gasteiger partial charge is 0.295 e. The van der Waals surface area contributed by atoms with Gasteiger partial charge in [-0.05, 0) is 41.8 Å². The molecule has 0 unspecified atom stereocenters. The average Bonchev–Trinajstić information content (AvgIpc) is 2.83. The molecule has 2 N–H and O–H groups in total. The van der Waals surface area contributed by atoms with Crippen LogP contribution < -0.4 is 0 Å². The first-order valence-electron chi connectivity index (χ1n) is 11.6. The molecule has 0 saturated heterocycles. The van der Waals surface area contributed by atoms with E-state index in [-0.39, 0.29) is 21.7 Å². The van der Waals surface area contributed by atoms with Gasteiger partial charge in [-0.2, -0.15) is 18.6 Å². The number of azo groups is 1. The van der Waals surface area contributed by atoms with E-state index in [0.29, 0.717) is 16.5 Å². The maximum Gasteiger partial charge on any atom is 0.295 e. The zero-order chi connectivity index (χ0) is 26.6. The molecular formula is C28H36N2O4S. The fourth-order valence-electron chi connectivity index (χ4n) is 3.36. The summed E-state index contributed by atoms with van der Waals surface area (Å²) in [6.07, 6.45) is 1.25. The molecule has 0 aromatic heterocycles. The molecule has 35 heavy (non-hydrogen) atoms. The minimum atomic E-state index is -4.38. The third-order valence-electron chi connectivity index (χ3n) is 4.72. The van der Waals surface area contributed by atoms with E-state index in [4.69, 9.17) is 0 Å². The van der Waals surface area contributed by atoms with Gasteiger partial charge in [0.05, 0.1) is 0 Å². The molecule has 7 heteroatoms. The fourth-order valence-corrected chi connectivity index (χ4v) is 4.28. The number of phenols is 1. The molecule has 188 valence electrons. The van der Waals surface area contributed by atoms with Crippen molar-refractivity contribution < 1.29 is 18.1 Å². The van der Waals surface area contributed by atoms with Gasteiger partial charge in [0.1, 0.15) is 10.6 Å². The summed E-state index contributed by atoms with van der Waals surface area (Å²) >= 11 is 0. The van der Waals surface area contributed by atoms with E-state index in [0.717, 1.165) is 0 Å². The molecule has 0 spiro atoms. The van der Waals surface area contributed by atoms with E-state index < -0.39 is 10.1 Å². The van der Waals surface area contributed by atoms with Crippen molar-refractivity contribution in [1.82, 2.24) is 0 Å². The third kappa shape index (κ3) is 7.87. The standard InChI is InChI=1S/C13H14N2O4S.C10H8.C3H8.C2H6/c1-7-4-5-9-10(13(7)20(17,18)19)6-8(2)11(12(9)16)15-14-3;1-2-6-10-8-4-3-7-9(10)5-1;1-3-2;1-2/h4-6,16H,1-3H3,(H,17,18,19);1-8H;3H2,1-2H3;1-2H3. The van der Waals surface area contributed by atoms with Crippen LogP contribution in [0.4, 0.5) is 5.69 Å². The number of aromatic hydroxyl groups is 1. The number of rotatable bonds is 2. The molecule has 0 aliphatic rings. The second-order valence-corrected chi connectivity index (χ2v) is 8.89. The Hall–Kier alpha value is -3.29. The Kier molecular flexibility index (Phi) is 12.1. The van der Waals surface area contributed by atoms with Crippen molar-refractivity contribution in [3.63, 3.8) is 0 Å². The van der Waals surface area contributed by atoms with Gasteiger partial charge in [0, 0.05) is 17.8 Å². The second-order valence-electron chi connectivity index (χ2n) is 7.53. The summed E-state index contributed by atoms with van der Waals surface area (Å²) in [5.41, 5.74) is 1.25. The lowest BCUT2D eigenvalue weighted by molar-refractivity contribution is 0.481. The number of aryl methyl sites for hydroxylation is 2. The molecule has 4 rings (SSSR count). The van der Waals surface area contributed by atoms with Crippen molar-refractivity contribution in [3.05, 3.63) is 77.9 Å². The summed E-state index contributed by atoms with van der Waals surface area (Å²) in [6.45, 7) is 11.5. The highest BCUT2D eigenvalue weighted by molar-refractivity contribution is 7.86. The molecule has 4 aromatic carbocycles.